The molecule has 0 unspecified atom stereocenters. The van der Waals surface area contributed by atoms with E-state index in [4.69, 9.17) is 5.73 Å². The number of aryl methyl sites for hydroxylation is 1. The molecule has 4 rings (SSSR count). The highest BCUT2D eigenvalue weighted by Crippen LogP contribution is 2.39. The third kappa shape index (κ3) is 4.80. The van der Waals surface area contributed by atoms with Crippen LogP contribution in [0.15, 0.2) is 0 Å². The summed E-state index contributed by atoms with van der Waals surface area (Å²) in [7, 11) is 0. The van der Waals surface area contributed by atoms with Crippen molar-refractivity contribution >= 4 is 34.1 Å². The van der Waals surface area contributed by atoms with E-state index in [1.165, 1.54) is 29.1 Å². The van der Waals surface area contributed by atoms with Crippen LogP contribution in [0.2, 0.25) is 0 Å². The number of nitrogens with two attached hydrogens (primary N) is 1. The van der Waals surface area contributed by atoms with Gasteiger partial charge in [-0.15, -0.1) is 11.3 Å². The van der Waals surface area contributed by atoms with Crippen molar-refractivity contribution in [2.24, 2.45) is 11.7 Å². The van der Waals surface area contributed by atoms with Crippen LogP contribution in [0.5, 0.6) is 0 Å². The van der Waals surface area contributed by atoms with Crippen LogP contribution in [-0.2, 0) is 22.4 Å². The predicted octanol–water partition coefficient (Wildman–Crippen LogP) is 2.78. The van der Waals surface area contributed by atoms with Gasteiger partial charge < -0.3 is 16.0 Å². The molecule has 3 amide bonds. The highest BCUT2D eigenvalue weighted by Gasteiger charge is 2.33. The highest BCUT2D eigenvalue weighted by molar-refractivity contribution is 7.17. The van der Waals surface area contributed by atoms with E-state index in [1.54, 1.807) is 0 Å². The molecule has 1 aliphatic carbocycles. The van der Waals surface area contributed by atoms with Gasteiger partial charge in [-0.2, -0.15) is 0 Å². The molecule has 2 saturated heterocycles. The van der Waals surface area contributed by atoms with Crippen molar-refractivity contribution < 1.29 is 14.4 Å². The normalized spacial score (nSPS) is 21.4. The van der Waals surface area contributed by atoms with E-state index < -0.39 is 5.91 Å². The Morgan fingerprint density at radius 2 is 1.68 bits per heavy atom. The predicted molar refractivity (Wildman–Crippen MR) is 122 cm³/mol. The zero-order chi connectivity index (χ0) is 22.0. The number of thiophene rings is 1. The fourth-order valence-corrected chi connectivity index (χ4v) is 6.52. The van der Waals surface area contributed by atoms with E-state index >= 15 is 0 Å². The van der Waals surface area contributed by atoms with Crippen LogP contribution >= 0.6 is 11.3 Å². The number of likely N-dealkylation sites (tertiary alicyclic amines) is 2. The van der Waals surface area contributed by atoms with Gasteiger partial charge in [-0.05, 0) is 70.5 Å². The van der Waals surface area contributed by atoms with Crippen LogP contribution in [-0.4, -0.2) is 59.7 Å². The van der Waals surface area contributed by atoms with Crippen molar-refractivity contribution in [3.8, 4) is 0 Å². The van der Waals surface area contributed by atoms with Gasteiger partial charge in [-0.25, -0.2) is 0 Å². The molecule has 3 aliphatic rings. The van der Waals surface area contributed by atoms with Gasteiger partial charge in [0.05, 0.1) is 11.6 Å². The molecule has 2 aliphatic heterocycles. The molecular formula is C23H34N4O3S. The van der Waals surface area contributed by atoms with E-state index in [9.17, 15) is 14.4 Å². The van der Waals surface area contributed by atoms with Crippen molar-refractivity contribution in [2.45, 2.75) is 70.8 Å². The number of fused-ring (bicyclic) bond motifs is 1. The number of carbonyl (C=O) groups is 3. The quantitative estimate of drug-likeness (QED) is 0.727. The monoisotopic (exact) mass is 446 g/mol. The van der Waals surface area contributed by atoms with Crippen LogP contribution in [0.25, 0.3) is 0 Å². The number of anilines is 1. The fraction of sp³-hybridized carbons (Fsp3) is 0.696. The Kier molecular flexibility index (Phi) is 6.96. The summed E-state index contributed by atoms with van der Waals surface area (Å²) in [4.78, 5) is 43.2. The fourth-order valence-electron chi connectivity index (χ4n) is 5.22. The number of primary amides is 1. The summed E-state index contributed by atoms with van der Waals surface area (Å²) >= 11 is 1.49. The summed E-state index contributed by atoms with van der Waals surface area (Å²) < 4.78 is 0. The second-order valence-corrected chi connectivity index (χ2v) is 10.2. The summed E-state index contributed by atoms with van der Waals surface area (Å²) in [6, 6.07) is -0.313. The first kappa shape index (κ1) is 22.3. The number of nitrogens with zero attached hydrogens (tertiary/aromatic N) is 2. The minimum Gasteiger partial charge on any atom is -0.365 e. The maximum Gasteiger partial charge on any atom is 0.251 e. The van der Waals surface area contributed by atoms with Gasteiger partial charge >= 0.3 is 0 Å². The number of hydrogen-bond acceptors (Lipinski definition) is 5. The van der Waals surface area contributed by atoms with Crippen molar-refractivity contribution in [1.82, 2.24) is 9.80 Å². The van der Waals surface area contributed by atoms with Gasteiger partial charge in [0, 0.05) is 23.9 Å². The summed E-state index contributed by atoms with van der Waals surface area (Å²) in [6.45, 7) is 5.16. The molecule has 0 aromatic carbocycles. The standard InChI is InChI=1S/C23H34N4O3S/c1-15(21(29)25-22-19(20(24)28)17-7-6-8-18(17)31-22)26-13-9-16(10-14-26)23(30)27-11-4-2-3-5-12-27/h15-16H,2-14H2,1H3,(H2,24,28)(H,25,29)/t15-/m1/s1. The van der Waals surface area contributed by atoms with Gasteiger partial charge in [0.2, 0.25) is 11.8 Å². The second kappa shape index (κ2) is 9.69. The number of rotatable bonds is 5. The molecule has 0 radical (unpaired) electrons. The molecule has 3 N–H and O–H groups in total. The van der Waals surface area contributed by atoms with Crippen molar-refractivity contribution in [3.05, 3.63) is 16.0 Å². The van der Waals surface area contributed by atoms with E-state index in [0.29, 0.717) is 16.5 Å². The maximum absolute atomic E-state index is 12.9. The van der Waals surface area contributed by atoms with E-state index in [-0.39, 0.29) is 17.9 Å². The largest absolute Gasteiger partial charge is 0.365 e. The van der Waals surface area contributed by atoms with Gasteiger partial charge in [0.1, 0.15) is 5.00 Å². The number of piperidine rings is 1. The Balaban J connectivity index is 1.33. The Labute approximate surface area is 188 Å². The average molecular weight is 447 g/mol. The van der Waals surface area contributed by atoms with Crippen molar-refractivity contribution in [1.29, 1.82) is 0 Å². The van der Waals surface area contributed by atoms with Gasteiger partial charge in [0.25, 0.3) is 5.91 Å². The molecule has 1 aromatic rings. The number of hydrogen-bond donors (Lipinski definition) is 2. The van der Waals surface area contributed by atoms with Gasteiger partial charge in [0.15, 0.2) is 0 Å². The molecule has 0 saturated carbocycles. The summed E-state index contributed by atoms with van der Waals surface area (Å²) in [5, 5.41) is 3.57. The summed E-state index contributed by atoms with van der Waals surface area (Å²) in [5.41, 5.74) is 7.13. The first-order valence-corrected chi connectivity index (χ1v) is 12.6. The van der Waals surface area contributed by atoms with Crippen molar-refractivity contribution in [2.75, 3.05) is 31.5 Å². The minimum absolute atomic E-state index is 0.0753. The van der Waals surface area contributed by atoms with Gasteiger partial charge in [-0.1, -0.05) is 12.8 Å². The Bertz CT molecular complexity index is 836. The molecule has 8 heteroatoms. The Morgan fingerprint density at radius 1 is 1.00 bits per heavy atom. The lowest BCUT2D eigenvalue weighted by molar-refractivity contribution is -0.137. The zero-order valence-electron chi connectivity index (χ0n) is 18.5. The number of nitrogens with one attached hydrogen (secondary N) is 1. The van der Waals surface area contributed by atoms with E-state index in [2.05, 4.69) is 15.1 Å². The van der Waals surface area contributed by atoms with Crippen molar-refractivity contribution in [3.63, 3.8) is 0 Å². The topological polar surface area (TPSA) is 95.7 Å². The van der Waals surface area contributed by atoms with Crippen LogP contribution in [0.3, 0.4) is 0 Å². The SMILES string of the molecule is C[C@H](C(=O)Nc1sc2c(c1C(N)=O)CCC2)N1CCC(C(=O)N2CCCCCC2)CC1. The van der Waals surface area contributed by atoms with Crippen LogP contribution in [0.1, 0.15) is 72.7 Å². The molecule has 0 bridgehead atoms. The van der Waals surface area contributed by atoms with E-state index in [0.717, 1.165) is 76.7 Å². The zero-order valence-corrected chi connectivity index (χ0v) is 19.3. The van der Waals surface area contributed by atoms with Crippen LogP contribution in [0.4, 0.5) is 5.00 Å². The Morgan fingerprint density at radius 3 is 2.32 bits per heavy atom. The second-order valence-electron chi connectivity index (χ2n) is 9.14. The third-order valence-electron chi connectivity index (χ3n) is 7.13. The molecule has 31 heavy (non-hydrogen) atoms. The summed E-state index contributed by atoms with van der Waals surface area (Å²) in [6.07, 6.45) is 9.11. The van der Waals surface area contributed by atoms with Crippen LogP contribution in [0, 0.1) is 5.92 Å². The molecule has 170 valence electrons. The molecular weight excluding hydrogens is 412 g/mol. The van der Waals surface area contributed by atoms with E-state index in [1.807, 2.05) is 6.92 Å². The number of amides is 3. The molecule has 1 aromatic heterocycles. The summed E-state index contributed by atoms with van der Waals surface area (Å²) in [5.74, 6) is -0.195. The minimum atomic E-state index is -0.463. The lowest BCUT2D eigenvalue weighted by Crippen LogP contribution is -2.48. The molecule has 3 heterocycles. The highest BCUT2D eigenvalue weighted by atomic mass is 32.1. The molecule has 1 atom stereocenters. The third-order valence-corrected chi connectivity index (χ3v) is 8.34. The smallest absolute Gasteiger partial charge is 0.251 e. The molecule has 0 spiro atoms. The lowest BCUT2D eigenvalue weighted by atomic mass is 9.94. The lowest BCUT2D eigenvalue weighted by Gasteiger charge is -2.36. The number of carbonyl (C=O) groups excluding carboxylic acids is 3. The Hall–Kier alpha value is -1.93. The molecule has 2 fully saturated rings. The first-order valence-electron chi connectivity index (χ1n) is 11.7. The molecule has 7 nitrogen and oxygen atoms in total. The first-order chi connectivity index (χ1) is 15.0. The van der Waals surface area contributed by atoms with Gasteiger partial charge in [-0.3, -0.25) is 19.3 Å². The van der Waals surface area contributed by atoms with Crippen LogP contribution < -0.4 is 11.1 Å². The maximum atomic E-state index is 12.9. The average Bonchev–Trinajstić information content (AvgIpc) is 3.22.